The third-order valence-corrected chi connectivity index (χ3v) is 2.92. The van der Waals surface area contributed by atoms with Gasteiger partial charge in [0.1, 0.15) is 0 Å². The molecule has 1 amide bonds. The number of benzene rings is 1. The van der Waals surface area contributed by atoms with Gasteiger partial charge in [-0.1, -0.05) is 13.8 Å². The number of nitrogens with two attached hydrogens (primary N) is 1. The topological polar surface area (TPSA) is 92.4 Å². The van der Waals surface area contributed by atoms with Crippen LogP contribution >= 0.6 is 0 Å². The van der Waals surface area contributed by atoms with Gasteiger partial charge in [-0.2, -0.15) is 0 Å². The zero-order chi connectivity index (χ0) is 13.9. The summed E-state index contributed by atoms with van der Waals surface area (Å²) in [4.78, 5) is 22.2. The van der Waals surface area contributed by atoms with Gasteiger partial charge in [-0.15, -0.1) is 0 Å². The Hall–Kier alpha value is -2.04. The molecule has 0 saturated heterocycles. The van der Waals surface area contributed by atoms with Gasteiger partial charge in [0.25, 0.3) is 5.91 Å². The average Bonchev–Trinajstić information content (AvgIpc) is 2.28. The monoisotopic (exact) mass is 250 g/mol. The molecule has 0 spiro atoms. The Morgan fingerprint density at radius 3 is 2.33 bits per heavy atom. The van der Waals surface area contributed by atoms with Crippen LogP contribution in [0.4, 0.5) is 5.69 Å². The maximum Gasteiger partial charge on any atom is 0.335 e. The summed E-state index contributed by atoms with van der Waals surface area (Å²) in [6.45, 7) is 6.02. The second kappa shape index (κ2) is 5.53. The van der Waals surface area contributed by atoms with E-state index in [1.807, 2.05) is 20.8 Å². The summed E-state index contributed by atoms with van der Waals surface area (Å²) in [7, 11) is 0. The van der Waals surface area contributed by atoms with Gasteiger partial charge in [-0.25, -0.2) is 4.79 Å². The van der Waals surface area contributed by atoms with Crippen molar-refractivity contribution in [3.8, 4) is 0 Å². The zero-order valence-electron chi connectivity index (χ0n) is 10.7. The number of carboxylic acids is 1. The summed E-state index contributed by atoms with van der Waals surface area (Å²) in [5.74, 6) is -1.27. The lowest BCUT2D eigenvalue weighted by atomic mass is 10.0. The lowest BCUT2D eigenvalue weighted by Crippen LogP contribution is -2.24. The number of anilines is 1. The third-order valence-electron chi connectivity index (χ3n) is 2.92. The Labute approximate surface area is 106 Å². The van der Waals surface area contributed by atoms with E-state index in [-0.39, 0.29) is 11.6 Å². The number of carboxylic acid groups (broad SMARTS) is 1. The molecule has 0 aromatic heterocycles. The number of hydrogen-bond acceptors (Lipinski definition) is 3. The van der Waals surface area contributed by atoms with Crippen LogP contribution in [0.2, 0.25) is 0 Å². The maximum atomic E-state index is 11.3. The van der Waals surface area contributed by atoms with E-state index >= 15 is 0 Å². The minimum absolute atomic E-state index is 0.104. The molecule has 1 atom stereocenters. The average molecular weight is 250 g/mol. The fourth-order valence-corrected chi connectivity index (χ4v) is 1.42. The molecule has 0 fully saturated rings. The number of rotatable bonds is 5. The highest BCUT2D eigenvalue weighted by molar-refractivity contribution is 6.00. The molecule has 5 heteroatoms. The van der Waals surface area contributed by atoms with E-state index in [0.29, 0.717) is 17.2 Å². The quantitative estimate of drug-likeness (QED) is 0.744. The van der Waals surface area contributed by atoms with Crippen molar-refractivity contribution in [1.29, 1.82) is 0 Å². The molecule has 1 aromatic rings. The molecule has 5 nitrogen and oxygen atoms in total. The molecule has 1 aromatic carbocycles. The van der Waals surface area contributed by atoms with Gasteiger partial charge in [0, 0.05) is 11.7 Å². The number of carbonyl (C=O) groups excluding carboxylic acids is 1. The molecule has 1 unspecified atom stereocenters. The number of amides is 1. The summed E-state index contributed by atoms with van der Waals surface area (Å²) in [5.41, 5.74) is 6.15. The Balaban J connectivity index is 3.15. The number of carbonyl (C=O) groups is 2. The van der Waals surface area contributed by atoms with Crippen LogP contribution in [0.3, 0.4) is 0 Å². The van der Waals surface area contributed by atoms with Gasteiger partial charge < -0.3 is 16.2 Å². The van der Waals surface area contributed by atoms with Gasteiger partial charge in [-0.3, -0.25) is 4.79 Å². The maximum absolute atomic E-state index is 11.3. The predicted octanol–water partition coefficient (Wildman–Crippen LogP) is 1.94. The molecule has 18 heavy (non-hydrogen) atoms. The van der Waals surface area contributed by atoms with Gasteiger partial charge in [-0.05, 0) is 31.0 Å². The Morgan fingerprint density at radius 1 is 1.28 bits per heavy atom. The summed E-state index contributed by atoms with van der Waals surface area (Å²) >= 11 is 0. The summed E-state index contributed by atoms with van der Waals surface area (Å²) in [6, 6.07) is 4.34. The van der Waals surface area contributed by atoms with Gasteiger partial charge in [0.2, 0.25) is 0 Å². The highest BCUT2D eigenvalue weighted by atomic mass is 16.4. The fraction of sp³-hybridized carbons (Fsp3) is 0.385. The smallest absolute Gasteiger partial charge is 0.335 e. The highest BCUT2D eigenvalue weighted by Crippen LogP contribution is 2.20. The molecule has 0 saturated carbocycles. The molecular formula is C13H18N2O3. The molecule has 4 N–H and O–H groups in total. The van der Waals surface area contributed by atoms with E-state index in [1.54, 1.807) is 0 Å². The Bertz CT molecular complexity index is 469. The first-order valence-corrected chi connectivity index (χ1v) is 5.76. The fourth-order valence-electron chi connectivity index (χ4n) is 1.42. The normalized spacial score (nSPS) is 12.2. The lowest BCUT2D eigenvalue weighted by molar-refractivity contribution is 0.0696. The van der Waals surface area contributed by atoms with Crippen LogP contribution in [-0.4, -0.2) is 23.0 Å². The first kappa shape index (κ1) is 14.0. The highest BCUT2D eigenvalue weighted by Gasteiger charge is 2.15. The summed E-state index contributed by atoms with van der Waals surface area (Å²) in [5, 5.41) is 12.1. The van der Waals surface area contributed by atoms with Crippen molar-refractivity contribution in [3.63, 3.8) is 0 Å². The second-order valence-electron chi connectivity index (χ2n) is 4.61. The van der Waals surface area contributed by atoms with Crippen molar-refractivity contribution >= 4 is 17.6 Å². The Morgan fingerprint density at radius 2 is 1.89 bits per heavy atom. The largest absolute Gasteiger partial charge is 0.478 e. The van der Waals surface area contributed by atoms with Crippen molar-refractivity contribution in [2.24, 2.45) is 11.7 Å². The van der Waals surface area contributed by atoms with Gasteiger partial charge in [0.15, 0.2) is 0 Å². The zero-order valence-corrected chi connectivity index (χ0v) is 10.7. The number of nitrogens with one attached hydrogen (secondary N) is 1. The van der Waals surface area contributed by atoms with E-state index in [4.69, 9.17) is 10.8 Å². The van der Waals surface area contributed by atoms with E-state index in [1.165, 1.54) is 18.2 Å². The second-order valence-corrected chi connectivity index (χ2v) is 4.61. The van der Waals surface area contributed by atoms with E-state index in [0.717, 1.165) is 0 Å². The minimum Gasteiger partial charge on any atom is -0.478 e. The molecule has 0 radical (unpaired) electrons. The molecule has 0 heterocycles. The molecule has 0 aliphatic carbocycles. The summed E-state index contributed by atoms with van der Waals surface area (Å²) in [6.07, 6.45) is 0. The van der Waals surface area contributed by atoms with Crippen molar-refractivity contribution in [3.05, 3.63) is 29.3 Å². The molecule has 0 bridgehead atoms. The van der Waals surface area contributed by atoms with Crippen LogP contribution in [0.25, 0.3) is 0 Å². The van der Waals surface area contributed by atoms with Crippen LogP contribution in [0.1, 0.15) is 41.5 Å². The van der Waals surface area contributed by atoms with Crippen LogP contribution in [0, 0.1) is 5.92 Å². The molecular weight excluding hydrogens is 232 g/mol. The first-order chi connectivity index (χ1) is 8.32. The number of hydrogen-bond donors (Lipinski definition) is 3. The van der Waals surface area contributed by atoms with Crippen molar-refractivity contribution in [1.82, 2.24) is 0 Å². The predicted molar refractivity (Wildman–Crippen MR) is 69.8 cm³/mol. The van der Waals surface area contributed by atoms with Crippen LogP contribution in [0.5, 0.6) is 0 Å². The van der Waals surface area contributed by atoms with Gasteiger partial charge >= 0.3 is 5.97 Å². The van der Waals surface area contributed by atoms with Crippen LogP contribution in [-0.2, 0) is 0 Å². The van der Waals surface area contributed by atoms with E-state index in [2.05, 4.69) is 5.32 Å². The first-order valence-electron chi connectivity index (χ1n) is 5.76. The minimum atomic E-state index is -1.04. The third kappa shape index (κ3) is 3.23. The summed E-state index contributed by atoms with van der Waals surface area (Å²) < 4.78 is 0. The van der Waals surface area contributed by atoms with Crippen LogP contribution in [0.15, 0.2) is 18.2 Å². The number of primary amides is 1. The van der Waals surface area contributed by atoms with Crippen molar-refractivity contribution in [2.75, 3.05) is 5.32 Å². The molecule has 1 rings (SSSR count). The molecule has 0 aliphatic heterocycles. The lowest BCUT2D eigenvalue weighted by Gasteiger charge is -2.20. The van der Waals surface area contributed by atoms with Crippen LogP contribution < -0.4 is 11.1 Å². The van der Waals surface area contributed by atoms with Gasteiger partial charge in [0.05, 0.1) is 11.1 Å². The van der Waals surface area contributed by atoms with E-state index in [9.17, 15) is 9.59 Å². The van der Waals surface area contributed by atoms with Crippen molar-refractivity contribution in [2.45, 2.75) is 26.8 Å². The SMILES string of the molecule is CC(C)C(C)Nc1cc(C(=O)O)ccc1C(N)=O. The van der Waals surface area contributed by atoms with E-state index < -0.39 is 11.9 Å². The standard InChI is InChI=1S/C13H18N2O3/c1-7(2)8(3)15-11-6-9(13(17)18)4-5-10(11)12(14)16/h4-8,15H,1-3H3,(H2,14,16)(H,17,18). The molecule has 0 aliphatic rings. The number of aromatic carboxylic acids is 1. The molecule has 98 valence electrons. The van der Waals surface area contributed by atoms with Crippen molar-refractivity contribution < 1.29 is 14.7 Å². The Kier molecular flexibility index (Phi) is 4.31.